The molecule has 0 aromatic rings. The Morgan fingerprint density at radius 2 is 1.86 bits per heavy atom. The van der Waals surface area contributed by atoms with E-state index in [1.807, 2.05) is 45.9 Å². The van der Waals surface area contributed by atoms with Gasteiger partial charge in [-0.15, -0.1) is 0 Å². The molecule has 80 valence electrons. The molecule has 0 aromatic carbocycles. The van der Waals surface area contributed by atoms with E-state index in [0.717, 1.165) is 5.76 Å². The molecule has 0 bridgehead atoms. The van der Waals surface area contributed by atoms with Gasteiger partial charge in [-0.25, -0.2) is 0 Å². The molecular formula is C13H22O. The van der Waals surface area contributed by atoms with Gasteiger partial charge in [-0.3, -0.25) is 0 Å². The first kappa shape index (κ1) is 15.2. The van der Waals surface area contributed by atoms with Gasteiger partial charge in [0.05, 0.1) is 0 Å². The minimum atomic E-state index is 0.0469. The van der Waals surface area contributed by atoms with Crippen LogP contribution in [-0.2, 0) is 4.74 Å². The quantitative estimate of drug-likeness (QED) is 0.361. The lowest BCUT2D eigenvalue weighted by Crippen LogP contribution is -2.01. The van der Waals surface area contributed by atoms with Gasteiger partial charge in [0.1, 0.15) is 11.9 Å². The first-order chi connectivity index (χ1) is 6.74. The van der Waals surface area contributed by atoms with Gasteiger partial charge in [-0.1, -0.05) is 45.2 Å². The molecule has 1 atom stereocenters. The van der Waals surface area contributed by atoms with Crippen molar-refractivity contribution >= 4 is 0 Å². The predicted molar refractivity (Wildman–Crippen MR) is 65.2 cm³/mol. The van der Waals surface area contributed by atoms with Crippen molar-refractivity contribution in [2.24, 2.45) is 0 Å². The average Bonchev–Trinajstić information content (AvgIpc) is 2.26. The van der Waals surface area contributed by atoms with Gasteiger partial charge in [0, 0.05) is 0 Å². The summed E-state index contributed by atoms with van der Waals surface area (Å²) in [6.45, 7) is 15.1. The summed E-state index contributed by atoms with van der Waals surface area (Å²) in [6, 6.07) is 0. The monoisotopic (exact) mass is 194 g/mol. The zero-order valence-electron chi connectivity index (χ0n) is 9.79. The molecular weight excluding hydrogens is 172 g/mol. The van der Waals surface area contributed by atoms with Crippen LogP contribution in [0.15, 0.2) is 49.3 Å². The minimum absolute atomic E-state index is 0.0469. The van der Waals surface area contributed by atoms with Crippen LogP contribution in [0.25, 0.3) is 0 Å². The Hall–Kier alpha value is -1.24. The summed E-state index contributed by atoms with van der Waals surface area (Å²) >= 11 is 0. The predicted octanol–water partition coefficient (Wildman–Crippen LogP) is 4.25. The van der Waals surface area contributed by atoms with Crippen LogP contribution in [0, 0.1) is 0 Å². The van der Waals surface area contributed by atoms with E-state index >= 15 is 0 Å². The van der Waals surface area contributed by atoms with Crippen molar-refractivity contribution in [1.82, 2.24) is 0 Å². The molecule has 0 saturated carbocycles. The number of allylic oxidation sites excluding steroid dienone is 4. The fourth-order valence-electron chi connectivity index (χ4n) is 0.629. The van der Waals surface area contributed by atoms with Gasteiger partial charge in [-0.2, -0.15) is 0 Å². The summed E-state index contributed by atoms with van der Waals surface area (Å²) in [7, 11) is 0. The molecule has 0 spiro atoms. The van der Waals surface area contributed by atoms with E-state index in [4.69, 9.17) is 4.74 Å². The third-order valence-electron chi connectivity index (χ3n) is 1.33. The second kappa shape index (κ2) is 11.8. The third kappa shape index (κ3) is 8.85. The summed E-state index contributed by atoms with van der Waals surface area (Å²) < 4.78 is 5.46. The summed E-state index contributed by atoms with van der Waals surface area (Å²) in [4.78, 5) is 0. The van der Waals surface area contributed by atoms with Crippen LogP contribution in [0.2, 0.25) is 0 Å². The molecule has 1 nitrogen and oxygen atoms in total. The summed E-state index contributed by atoms with van der Waals surface area (Å²) in [5.74, 6) is 0.835. The van der Waals surface area contributed by atoms with Crippen LogP contribution >= 0.6 is 0 Å². The van der Waals surface area contributed by atoms with Gasteiger partial charge in [0.25, 0.3) is 0 Å². The largest absolute Gasteiger partial charge is 0.487 e. The van der Waals surface area contributed by atoms with E-state index in [2.05, 4.69) is 13.2 Å². The molecule has 0 fully saturated rings. The Labute approximate surface area is 88.5 Å². The molecule has 0 rings (SSSR count). The average molecular weight is 194 g/mol. The third-order valence-corrected chi connectivity index (χ3v) is 1.33. The van der Waals surface area contributed by atoms with E-state index in [9.17, 15) is 0 Å². The number of rotatable bonds is 5. The van der Waals surface area contributed by atoms with Gasteiger partial charge in [0.2, 0.25) is 0 Å². The van der Waals surface area contributed by atoms with Crippen molar-refractivity contribution < 1.29 is 4.74 Å². The zero-order valence-corrected chi connectivity index (χ0v) is 9.79. The highest BCUT2D eigenvalue weighted by Crippen LogP contribution is 2.04. The van der Waals surface area contributed by atoms with Crippen LogP contribution in [0.5, 0.6) is 0 Å². The van der Waals surface area contributed by atoms with Crippen molar-refractivity contribution in [3.05, 3.63) is 49.3 Å². The Morgan fingerprint density at radius 1 is 1.29 bits per heavy atom. The molecule has 0 aliphatic rings. The number of ether oxygens (including phenoxy) is 1. The fourth-order valence-corrected chi connectivity index (χ4v) is 0.629. The van der Waals surface area contributed by atoms with Gasteiger partial charge in [0.15, 0.2) is 0 Å². The Balaban J connectivity index is 0. The lowest BCUT2D eigenvalue weighted by Gasteiger charge is -2.10. The summed E-state index contributed by atoms with van der Waals surface area (Å²) in [5, 5.41) is 0. The SMILES string of the molecule is C=C/C=C\C(=C/C)OC(C)C=C.CC. The van der Waals surface area contributed by atoms with Crippen LogP contribution in [0.4, 0.5) is 0 Å². The molecule has 1 unspecified atom stereocenters. The molecule has 0 radical (unpaired) electrons. The van der Waals surface area contributed by atoms with Crippen LogP contribution in [-0.4, -0.2) is 6.10 Å². The van der Waals surface area contributed by atoms with Crippen LogP contribution in [0.1, 0.15) is 27.7 Å². The van der Waals surface area contributed by atoms with E-state index in [1.165, 1.54) is 0 Å². The summed E-state index contributed by atoms with van der Waals surface area (Å²) in [6.07, 6.45) is 9.13. The maximum absolute atomic E-state index is 5.46. The van der Waals surface area contributed by atoms with Crippen molar-refractivity contribution in [3.8, 4) is 0 Å². The topological polar surface area (TPSA) is 9.23 Å². The van der Waals surface area contributed by atoms with Crippen molar-refractivity contribution in [3.63, 3.8) is 0 Å². The van der Waals surface area contributed by atoms with E-state index in [0.29, 0.717) is 0 Å². The van der Waals surface area contributed by atoms with E-state index in [1.54, 1.807) is 12.2 Å². The van der Waals surface area contributed by atoms with Crippen LogP contribution < -0.4 is 0 Å². The highest BCUT2D eigenvalue weighted by molar-refractivity contribution is 5.15. The molecule has 0 aliphatic carbocycles. The van der Waals surface area contributed by atoms with Crippen LogP contribution in [0.3, 0.4) is 0 Å². The first-order valence-electron chi connectivity index (χ1n) is 4.99. The lowest BCUT2D eigenvalue weighted by atomic mass is 10.3. The standard InChI is InChI=1S/C11H16O.C2H6/c1-5-8-9-11(7-3)12-10(4)6-2;1-2/h5-10H,1-2H2,3-4H3;1-2H3/b9-8-,11-7+;. The molecule has 0 N–H and O–H groups in total. The van der Waals surface area contributed by atoms with E-state index in [-0.39, 0.29) is 6.10 Å². The first-order valence-corrected chi connectivity index (χ1v) is 4.99. The second-order valence-corrected chi connectivity index (χ2v) is 2.34. The number of hydrogen-bond donors (Lipinski definition) is 0. The lowest BCUT2D eigenvalue weighted by molar-refractivity contribution is 0.181. The van der Waals surface area contributed by atoms with Crippen molar-refractivity contribution in [2.45, 2.75) is 33.8 Å². The minimum Gasteiger partial charge on any atom is -0.487 e. The zero-order chi connectivity index (χ0) is 11.4. The Bertz CT molecular complexity index is 199. The van der Waals surface area contributed by atoms with Gasteiger partial charge >= 0.3 is 0 Å². The fraction of sp³-hybridized carbons (Fsp3) is 0.385. The molecule has 0 heterocycles. The second-order valence-electron chi connectivity index (χ2n) is 2.34. The number of hydrogen-bond acceptors (Lipinski definition) is 1. The molecule has 14 heavy (non-hydrogen) atoms. The highest BCUT2D eigenvalue weighted by atomic mass is 16.5. The smallest absolute Gasteiger partial charge is 0.115 e. The normalized spacial score (nSPS) is 12.7. The van der Waals surface area contributed by atoms with Gasteiger partial charge < -0.3 is 4.74 Å². The summed E-state index contributed by atoms with van der Waals surface area (Å²) in [5.41, 5.74) is 0. The Morgan fingerprint density at radius 3 is 2.21 bits per heavy atom. The molecule has 0 aromatic heterocycles. The molecule has 0 amide bonds. The molecule has 0 aliphatic heterocycles. The molecule has 0 saturated heterocycles. The maximum Gasteiger partial charge on any atom is 0.115 e. The van der Waals surface area contributed by atoms with Crippen molar-refractivity contribution in [1.29, 1.82) is 0 Å². The maximum atomic E-state index is 5.46. The van der Waals surface area contributed by atoms with Crippen molar-refractivity contribution in [2.75, 3.05) is 0 Å². The van der Waals surface area contributed by atoms with E-state index < -0.39 is 0 Å². The van der Waals surface area contributed by atoms with Gasteiger partial charge in [-0.05, 0) is 26.0 Å². The molecule has 1 heteroatoms. The highest BCUT2D eigenvalue weighted by Gasteiger charge is 1.96. The Kier molecular flexibility index (Phi) is 12.8.